The van der Waals surface area contributed by atoms with E-state index in [1.54, 1.807) is 0 Å². The van der Waals surface area contributed by atoms with Crippen LogP contribution in [0, 0.1) is 35.3 Å². The average molecular weight is 474 g/mol. The van der Waals surface area contributed by atoms with Gasteiger partial charge in [0, 0.05) is 11.1 Å². The van der Waals surface area contributed by atoms with Crippen molar-refractivity contribution in [2.45, 2.75) is 9.79 Å². The second kappa shape index (κ2) is 8.91. The topological polar surface area (TPSA) is 109 Å². The highest BCUT2D eigenvalue weighted by Crippen LogP contribution is 2.16. The van der Waals surface area contributed by atoms with E-state index in [2.05, 4.69) is 23.7 Å². The van der Waals surface area contributed by atoms with Crippen LogP contribution in [-0.2, 0) is 20.2 Å². The second-order valence-electron chi connectivity index (χ2n) is 6.29. The number of hydrogen-bond donors (Lipinski definition) is 2. The predicted octanol–water partition coefficient (Wildman–Crippen LogP) is 3.26. The van der Waals surface area contributed by atoms with Gasteiger partial charge >= 0.3 is 0 Å². The third-order valence-corrected chi connectivity index (χ3v) is 5.81. The quantitative estimate of drug-likeness (QED) is 0.436. The molecule has 0 radical (unpaired) electrons. The monoisotopic (exact) mass is 474 g/mol. The zero-order chi connectivity index (χ0) is 23.5. The van der Waals surface area contributed by atoms with Crippen LogP contribution in [0.4, 0.5) is 8.78 Å². The lowest BCUT2D eigenvalue weighted by atomic mass is 10.1. The fourth-order valence-corrected chi connectivity index (χ4v) is 3.40. The maximum atomic E-state index is 14.3. The van der Waals surface area contributed by atoms with Crippen LogP contribution in [0.2, 0.25) is 0 Å². The van der Waals surface area contributed by atoms with Crippen LogP contribution in [0.5, 0.6) is 0 Å². The van der Waals surface area contributed by atoms with Crippen molar-refractivity contribution in [2.75, 3.05) is 0 Å². The molecule has 3 aromatic rings. The van der Waals surface area contributed by atoms with Crippen LogP contribution in [0.15, 0.2) is 70.5 Å². The Bertz CT molecular complexity index is 1400. The molecular weight excluding hydrogens is 462 g/mol. The van der Waals surface area contributed by atoms with Crippen molar-refractivity contribution in [3.63, 3.8) is 0 Å². The third kappa shape index (κ3) is 5.58. The van der Waals surface area contributed by atoms with E-state index < -0.39 is 31.9 Å². The van der Waals surface area contributed by atoms with Crippen molar-refractivity contribution < 1.29 is 34.7 Å². The molecule has 32 heavy (non-hydrogen) atoms. The van der Waals surface area contributed by atoms with Gasteiger partial charge in [-0.25, -0.2) is 8.78 Å². The molecule has 10 heteroatoms. The van der Waals surface area contributed by atoms with Gasteiger partial charge in [0.2, 0.25) is 0 Å². The van der Waals surface area contributed by atoms with Crippen molar-refractivity contribution >= 4 is 20.2 Å². The summed E-state index contributed by atoms with van der Waals surface area (Å²) >= 11 is 0. The Labute approximate surface area is 183 Å². The molecule has 3 aromatic carbocycles. The highest BCUT2D eigenvalue weighted by molar-refractivity contribution is 7.86. The van der Waals surface area contributed by atoms with Crippen LogP contribution < -0.4 is 0 Å². The third-order valence-electron chi connectivity index (χ3n) is 4.07. The molecule has 2 N–H and O–H groups in total. The Morgan fingerprint density at radius 3 is 1.12 bits per heavy atom. The molecule has 0 spiro atoms. The smallest absolute Gasteiger partial charge is 0.282 e. The molecule has 162 valence electrons. The minimum atomic E-state index is -4.35. The zero-order valence-corrected chi connectivity index (χ0v) is 17.5. The highest BCUT2D eigenvalue weighted by atomic mass is 32.2. The fraction of sp³-hybridized carbons (Fsp3) is 0. The normalized spacial score (nSPS) is 11.1. The first-order valence-corrected chi connectivity index (χ1v) is 11.5. The summed E-state index contributed by atoms with van der Waals surface area (Å²) in [7, 11) is -8.69. The molecule has 0 aliphatic rings. The predicted molar refractivity (Wildman–Crippen MR) is 111 cm³/mol. The fourth-order valence-electron chi connectivity index (χ4n) is 2.44. The average Bonchev–Trinajstić information content (AvgIpc) is 2.73. The van der Waals surface area contributed by atoms with Gasteiger partial charge in [-0.2, -0.15) is 16.8 Å². The maximum absolute atomic E-state index is 14.3. The summed E-state index contributed by atoms with van der Waals surface area (Å²) in [5, 5.41) is 0. The summed E-state index contributed by atoms with van der Waals surface area (Å²) in [6.07, 6.45) is 0. The number of hydrogen-bond acceptors (Lipinski definition) is 4. The van der Waals surface area contributed by atoms with Gasteiger partial charge in [0.25, 0.3) is 20.2 Å². The standard InChI is InChI=1S/C22H12F2O6S2/c23-21-17(7-1-15-3-11-19(12-4-15)31(25,26)27)9-10-18(22(21)24)8-2-16-5-13-20(14-6-16)32(28,29)30/h3-6,9-14H,(H,25,26,27)(H,28,29,30). The van der Waals surface area contributed by atoms with E-state index in [-0.39, 0.29) is 20.9 Å². The Balaban J connectivity index is 1.84. The maximum Gasteiger partial charge on any atom is 0.294 e. The van der Waals surface area contributed by atoms with Crippen LogP contribution in [0.3, 0.4) is 0 Å². The van der Waals surface area contributed by atoms with Crippen molar-refractivity contribution in [1.29, 1.82) is 0 Å². The Morgan fingerprint density at radius 2 is 0.844 bits per heavy atom. The summed E-state index contributed by atoms with van der Waals surface area (Å²) < 4.78 is 90.6. The Kier molecular flexibility index (Phi) is 6.44. The van der Waals surface area contributed by atoms with E-state index in [1.807, 2.05) is 0 Å². The van der Waals surface area contributed by atoms with Gasteiger partial charge in [0.05, 0.1) is 20.9 Å². The van der Waals surface area contributed by atoms with Crippen molar-refractivity contribution in [3.8, 4) is 23.7 Å². The molecule has 3 rings (SSSR count). The van der Waals surface area contributed by atoms with Gasteiger partial charge in [-0.3, -0.25) is 9.11 Å². The van der Waals surface area contributed by atoms with Gasteiger partial charge in [0.1, 0.15) is 0 Å². The van der Waals surface area contributed by atoms with E-state index in [9.17, 15) is 25.6 Å². The Hall–Kier alpha value is -3.54. The molecule has 0 fully saturated rings. The Morgan fingerprint density at radius 1 is 0.531 bits per heavy atom. The number of halogens is 2. The van der Waals surface area contributed by atoms with Crippen molar-refractivity contribution in [2.24, 2.45) is 0 Å². The summed E-state index contributed by atoms with van der Waals surface area (Å²) in [5.41, 5.74) is 0.137. The van der Waals surface area contributed by atoms with Gasteiger partial charge in [0.15, 0.2) is 11.6 Å². The van der Waals surface area contributed by atoms with Crippen LogP contribution in [0.1, 0.15) is 22.3 Å². The lowest BCUT2D eigenvalue weighted by molar-refractivity contribution is 0.481. The SMILES string of the molecule is O=S(=O)(O)c1ccc(C#Cc2ccc(C#Cc3ccc(S(=O)(=O)O)cc3)c(F)c2F)cc1. The molecule has 0 saturated heterocycles. The van der Waals surface area contributed by atoms with Crippen molar-refractivity contribution in [1.82, 2.24) is 0 Å². The molecule has 0 atom stereocenters. The van der Waals surface area contributed by atoms with Crippen LogP contribution in [-0.4, -0.2) is 25.9 Å². The molecule has 0 aliphatic heterocycles. The molecule has 6 nitrogen and oxygen atoms in total. The minimum absolute atomic E-state index is 0.246. The second-order valence-corrected chi connectivity index (χ2v) is 9.13. The first-order chi connectivity index (χ1) is 14.9. The molecule has 0 saturated carbocycles. The molecular formula is C22H12F2O6S2. The van der Waals surface area contributed by atoms with Crippen molar-refractivity contribution in [3.05, 3.63) is 94.6 Å². The molecule has 0 heterocycles. The molecule has 0 amide bonds. The van der Waals surface area contributed by atoms with E-state index >= 15 is 0 Å². The summed E-state index contributed by atoms with van der Waals surface area (Å²) in [5.74, 6) is 7.57. The van der Waals surface area contributed by atoms with E-state index in [4.69, 9.17) is 9.11 Å². The van der Waals surface area contributed by atoms with Gasteiger partial charge in [-0.05, 0) is 60.7 Å². The molecule has 0 unspecified atom stereocenters. The lowest BCUT2D eigenvalue weighted by Gasteiger charge is -2.00. The summed E-state index contributed by atoms with van der Waals surface area (Å²) in [4.78, 5) is -0.647. The van der Waals surface area contributed by atoms with Gasteiger partial charge < -0.3 is 0 Å². The first kappa shape index (κ1) is 23.1. The van der Waals surface area contributed by atoms with E-state index in [1.165, 1.54) is 36.4 Å². The number of rotatable bonds is 2. The van der Waals surface area contributed by atoms with E-state index in [0.29, 0.717) is 11.1 Å². The van der Waals surface area contributed by atoms with Gasteiger partial charge in [-0.15, -0.1) is 0 Å². The van der Waals surface area contributed by atoms with E-state index in [0.717, 1.165) is 24.3 Å². The highest BCUT2D eigenvalue weighted by Gasteiger charge is 2.12. The van der Waals surface area contributed by atoms with Crippen LogP contribution >= 0.6 is 0 Å². The molecule has 0 aliphatic carbocycles. The van der Waals surface area contributed by atoms with Gasteiger partial charge in [-0.1, -0.05) is 23.7 Å². The first-order valence-electron chi connectivity index (χ1n) is 8.62. The largest absolute Gasteiger partial charge is 0.294 e. The van der Waals surface area contributed by atoms with Crippen LogP contribution in [0.25, 0.3) is 0 Å². The lowest BCUT2D eigenvalue weighted by Crippen LogP contribution is -1.97. The zero-order valence-electron chi connectivity index (χ0n) is 15.9. The summed E-state index contributed by atoms with van der Waals surface area (Å²) in [6.45, 7) is 0. The minimum Gasteiger partial charge on any atom is -0.282 e. The number of benzene rings is 3. The molecule has 0 bridgehead atoms. The summed E-state index contributed by atoms with van der Waals surface area (Å²) in [6, 6.07) is 12.2. The molecule has 0 aromatic heterocycles.